The summed E-state index contributed by atoms with van der Waals surface area (Å²) in [6.07, 6.45) is 1.61. The number of rotatable bonds is 10. The summed E-state index contributed by atoms with van der Waals surface area (Å²) in [6.45, 7) is 4.76. The number of carbonyl (C=O) groups is 1. The first-order valence-corrected chi connectivity index (χ1v) is 5.93. The van der Waals surface area contributed by atoms with Crippen molar-refractivity contribution in [3.8, 4) is 0 Å². The molecule has 1 unspecified atom stereocenters. The lowest BCUT2D eigenvalue weighted by molar-refractivity contribution is -0.127. The Balaban J connectivity index is 4.33. The molecular formula is C11H25N3O3. The standard InChI is InChI=1S/C11H25N3O3/c1-4-10(11(15)13-12)14(7-9-17-3)6-5-8-16-2/h10H,4-9,12H2,1-3H3,(H,13,15). The van der Waals surface area contributed by atoms with Crippen LogP contribution in [0.1, 0.15) is 19.8 Å². The van der Waals surface area contributed by atoms with E-state index in [9.17, 15) is 4.79 Å². The fourth-order valence-electron chi connectivity index (χ4n) is 1.75. The van der Waals surface area contributed by atoms with Crippen LogP contribution in [0.25, 0.3) is 0 Å². The van der Waals surface area contributed by atoms with E-state index in [1.807, 2.05) is 6.92 Å². The Kier molecular flexibility index (Phi) is 10.0. The minimum atomic E-state index is -0.202. The summed E-state index contributed by atoms with van der Waals surface area (Å²) in [7, 11) is 3.32. The van der Waals surface area contributed by atoms with Gasteiger partial charge in [-0.1, -0.05) is 6.92 Å². The van der Waals surface area contributed by atoms with Gasteiger partial charge in [-0.2, -0.15) is 0 Å². The molecule has 0 bridgehead atoms. The van der Waals surface area contributed by atoms with E-state index in [1.54, 1.807) is 14.2 Å². The number of nitrogens with two attached hydrogens (primary N) is 1. The topological polar surface area (TPSA) is 76.8 Å². The van der Waals surface area contributed by atoms with Crippen LogP contribution in [0.3, 0.4) is 0 Å². The Labute approximate surface area is 103 Å². The van der Waals surface area contributed by atoms with E-state index < -0.39 is 0 Å². The highest BCUT2D eigenvalue weighted by atomic mass is 16.5. The fraction of sp³-hybridized carbons (Fsp3) is 0.909. The lowest BCUT2D eigenvalue weighted by Gasteiger charge is -2.29. The molecule has 6 nitrogen and oxygen atoms in total. The SMILES string of the molecule is CCC(C(=O)NN)N(CCCOC)CCOC. The summed E-state index contributed by atoms with van der Waals surface area (Å²) in [5, 5.41) is 0. The van der Waals surface area contributed by atoms with E-state index in [4.69, 9.17) is 15.3 Å². The molecule has 0 saturated carbocycles. The van der Waals surface area contributed by atoms with Crippen LogP contribution in [0, 0.1) is 0 Å². The third-order valence-electron chi connectivity index (χ3n) is 2.65. The van der Waals surface area contributed by atoms with Crippen molar-refractivity contribution in [2.24, 2.45) is 5.84 Å². The lowest BCUT2D eigenvalue weighted by atomic mass is 10.1. The van der Waals surface area contributed by atoms with E-state index in [2.05, 4.69) is 10.3 Å². The molecule has 0 aliphatic rings. The van der Waals surface area contributed by atoms with Gasteiger partial charge in [-0.05, 0) is 12.8 Å². The molecule has 0 aromatic carbocycles. The largest absolute Gasteiger partial charge is 0.385 e. The second-order valence-corrected chi connectivity index (χ2v) is 3.81. The molecule has 17 heavy (non-hydrogen) atoms. The molecule has 0 aliphatic carbocycles. The Bertz CT molecular complexity index is 202. The van der Waals surface area contributed by atoms with Crippen LogP contribution in [-0.4, -0.2) is 57.4 Å². The second-order valence-electron chi connectivity index (χ2n) is 3.81. The maximum Gasteiger partial charge on any atom is 0.251 e. The quantitative estimate of drug-likeness (QED) is 0.241. The van der Waals surface area contributed by atoms with Crippen LogP contribution in [0.5, 0.6) is 0 Å². The van der Waals surface area contributed by atoms with Crippen LogP contribution in [0.4, 0.5) is 0 Å². The zero-order valence-corrected chi connectivity index (χ0v) is 11.1. The van der Waals surface area contributed by atoms with Crippen LogP contribution in [-0.2, 0) is 14.3 Å². The number of nitrogens with zero attached hydrogens (tertiary/aromatic N) is 1. The molecule has 0 rings (SSSR count). The van der Waals surface area contributed by atoms with E-state index in [0.717, 1.165) is 19.4 Å². The number of carbonyl (C=O) groups excluding carboxylic acids is 1. The van der Waals surface area contributed by atoms with Gasteiger partial charge >= 0.3 is 0 Å². The van der Waals surface area contributed by atoms with Gasteiger partial charge in [-0.25, -0.2) is 5.84 Å². The molecule has 3 N–H and O–H groups in total. The lowest BCUT2D eigenvalue weighted by Crippen LogP contribution is -2.50. The first-order valence-electron chi connectivity index (χ1n) is 5.93. The summed E-state index contributed by atoms with van der Waals surface area (Å²) in [4.78, 5) is 13.7. The van der Waals surface area contributed by atoms with Gasteiger partial charge in [-0.3, -0.25) is 15.1 Å². The monoisotopic (exact) mass is 247 g/mol. The van der Waals surface area contributed by atoms with Gasteiger partial charge in [0, 0.05) is 33.9 Å². The number of hydrazine groups is 1. The number of methoxy groups -OCH3 is 2. The molecule has 6 heteroatoms. The van der Waals surface area contributed by atoms with Gasteiger partial charge in [0.1, 0.15) is 0 Å². The summed E-state index contributed by atoms with van der Waals surface area (Å²) in [5.41, 5.74) is 2.21. The minimum absolute atomic E-state index is 0.152. The van der Waals surface area contributed by atoms with Crippen molar-refractivity contribution in [3.63, 3.8) is 0 Å². The van der Waals surface area contributed by atoms with Gasteiger partial charge < -0.3 is 9.47 Å². The highest BCUT2D eigenvalue weighted by Crippen LogP contribution is 2.05. The highest BCUT2D eigenvalue weighted by Gasteiger charge is 2.22. The zero-order valence-electron chi connectivity index (χ0n) is 11.1. The third-order valence-corrected chi connectivity index (χ3v) is 2.65. The maximum atomic E-state index is 11.6. The first kappa shape index (κ1) is 16.3. The van der Waals surface area contributed by atoms with Crippen molar-refractivity contribution in [1.82, 2.24) is 10.3 Å². The molecule has 0 heterocycles. The number of hydrogen-bond acceptors (Lipinski definition) is 5. The Morgan fingerprint density at radius 1 is 1.29 bits per heavy atom. The molecular weight excluding hydrogens is 222 g/mol. The Hall–Kier alpha value is -0.690. The number of hydrogen-bond donors (Lipinski definition) is 2. The maximum absolute atomic E-state index is 11.6. The Morgan fingerprint density at radius 2 is 1.94 bits per heavy atom. The van der Waals surface area contributed by atoms with E-state index in [0.29, 0.717) is 19.8 Å². The summed E-state index contributed by atoms with van der Waals surface area (Å²) in [6, 6.07) is -0.202. The molecule has 0 aliphatic heterocycles. The molecule has 102 valence electrons. The van der Waals surface area contributed by atoms with Crippen molar-refractivity contribution >= 4 is 5.91 Å². The molecule has 0 fully saturated rings. The molecule has 0 radical (unpaired) electrons. The number of amides is 1. The molecule has 1 atom stereocenters. The summed E-state index contributed by atoms with van der Waals surface area (Å²) >= 11 is 0. The van der Waals surface area contributed by atoms with Crippen molar-refractivity contribution in [1.29, 1.82) is 0 Å². The zero-order chi connectivity index (χ0) is 13.1. The van der Waals surface area contributed by atoms with Crippen LogP contribution in [0.15, 0.2) is 0 Å². The summed E-state index contributed by atoms with van der Waals surface area (Å²) in [5.74, 6) is 5.04. The highest BCUT2D eigenvalue weighted by molar-refractivity contribution is 5.81. The predicted octanol–water partition coefficient (Wildman–Crippen LogP) is -0.260. The van der Waals surface area contributed by atoms with Crippen molar-refractivity contribution in [2.45, 2.75) is 25.8 Å². The van der Waals surface area contributed by atoms with E-state index in [-0.39, 0.29) is 11.9 Å². The average molecular weight is 247 g/mol. The third kappa shape index (κ3) is 6.58. The smallest absolute Gasteiger partial charge is 0.251 e. The normalized spacial score (nSPS) is 12.8. The first-order chi connectivity index (χ1) is 8.21. The van der Waals surface area contributed by atoms with Crippen molar-refractivity contribution < 1.29 is 14.3 Å². The van der Waals surface area contributed by atoms with Gasteiger partial charge in [0.15, 0.2) is 0 Å². The van der Waals surface area contributed by atoms with Crippen molar-refractivity contribution in [2.75, 3.05) is 40.5 Å². The van der Waals surface area contributed by atoms with Crippen LogP contribution < -0.4 is 11.3 Å². The minimum Gasteiger partial charge on any atom is -0.385 e. The van der Waals surface area contributed by atoms with E-state index in [1.165, 1.54) is 0 Å². The predicted molar refractivity (Wildman–Crippen MR) is 66.4 cm³/mol. The molecule has 0 spiro atoms. The molecule has 0 saturated heterocycles. The van der Waals surface area contributed by atoms with Gasteiger partial charge in [0.2, 0.25) is 0 Å². The average Bonchev–Trinajstić information content (AvgIpc) is 2.35. The molecule has 0 aromatic heterocycles. The van der Waals surface area contributed by atoms with E-state index >= 15 is 0 Å². The van der Waals surface area contributed by atoms with Crippen LogP contribution in [0.2, 0.25) is 0 Å². The second kappa shape index (κ2) is 10.5. The molecule has 0 aromatic rings. The van der Waals surface area contributed by atoms with Crippen molar-refractivity contribution in [3.05, 3.63) is 0 Å². The number of nitrogens with one attached hydrogen (secondary N) is 1. The summed E-state index contributed by atoms with van der Waals surface area (Å²) < 4.78 is 10.1. The van der Waals surface area contributed by atoms with Gasteiger partial charge in [0.05, 0.1) is 12.6 Å². The Morgan fingerprint density at radius 3 is 2.41 bits per heavy atom. The fourth-order valence-corrected chi connectivity index (χ4v) is 1.75. The number of ether oxygens (including phenoxy) is 2. The van der Waals surface area contributed by atoms with Crippen LogP contribution >= 0.6 is 0 Å². The van der Waals surface area contributed by atoms with Gasteiger partial charge in [0.25, 0.3) is 5.91 Å². The van der Waals surface area contributed by atoms with Gasteiger partial charge in [-0.15, -0.1) is 0 Å². The molecule has 1 amide bonds.